The van der Waals surface area contributed by atoms with Crippen LogP contribution in [-0.4, -0.2) is 50.8 Å². The molecule has 1 aliphatic heterocycles. The number of ether oxygens (including phenoxy) is 1. The highest BCUT2D eigenvalue weighted by Crippen LogP contribution is 2.39. The molecule has 3 nitrogen and oxygen atoms in total. The molecular weight excluding hydrogens is 224 g/mol. The summed E-state index contributed by atoms with van der Waals surface area (Å²) in [6.07, 6.45) is 9.39. The van der Waals surface area contributed by atoms with Crippen LogP contribution >= 0.6 is 0 Å². The van der Waals surface area contributed by atoms with Crippen LogP contribution in [0.4, 0.5) is 0 Å². The van der Waals surface area contributed by atoms with Crippen molar-refractivity contribution in [2.45, 2.75) is 56.5 Å². The van der Waals surface area contributed by atoms with Gasteiger partial charge in [-0.3, -0.25) is 0 Å². The standard InChI is InChI=1S/C15H30N2O/c1-16-14(13-8-7-11-18-12-13)15(17(2)3)9-5-4-6-10-15/h13-14,16H,4-12H2,1-3H3. The highest BCUT2D eigenvalue weighted by Gasteiger charge is 2.44. The van der Waals surface area contributed by atoms with Crippen LogP contribution < -0.4 is 5.32 Å². The summed E-state index contributed by atoms with van der Waals surface area (Å²) in [7, 11) is 6.66. The summed E-state index contributed by atoms with van der Waals surface area (Å²) in [4.78, 5) is 2.49. The number of nitrogens with one attached hydrogen (secondary N) is 1. The van der Waals surface area contributed by atoms with E-state index in [0.717, 1.165) is 13.2 Å². The smallest absolute Gasteiger partial charge is 0.0509 e. The Morgan fingerprint density at radius 1 is 1.17 bits per heavy atom. The predicted molar refractivity (Wildman–Crippen MR) is 75.9 cm³/mol. The first-order chi connectivity index (χ1) is 8.70. The van der Waals surface area contributed by atoms with Crippen molar-refractivity contribution in [1.82, 2.24) is 10.2 Å². The number of rotatable bonds is 4. The topological polar surface area (TPSA) is 24.5 Å². The van der Waals surface area contributed by atoms with Crippen molar-refractivity contribution >= 4 is 0 Å². The molecular formula is C15H30N2O. The first-order valence-electron chi connectivity index (χ1n) is 7.63. The highest BCUT2D eigenvalue weighted by molar-refractivity contribution is 5.03. The number of hydrogen-bond acceptors (Lipinski definition) is 3. The minimum Gasteiger partial charge on any atom is -0.381 e. The fourth-order valence-electron chi connectivity index (χ4n) is 4.17. The lowest BCUT2D eigenvalue weighted by Gasteiger charge is -2.51. The van der Waals surface area contributed by atoms with Crippen molar-refractivity contribution in [3.05, 3.63) is 0 Å². The fraction of sp³-hybridized carbons (Fsp3) is 1.00. The van der Waals surface area contributed by atoms with Gasteiger partial charge < -0.3 is 15.0 Å². The van der Waals surface area contributed by atoms with Crippen LogP contribution in [0.3, 0.4) is 0 Å². The van der Waals surface area contributed by atoms with E-state index < -0.39 is 0 Å². The Morgan fingerprint density at radius 2 is 1.89 bits per heavy atom. The minimum absolute atomic E-state index is 0.346. The van der Waals surface area contributed by atoms with Gasteiger partial charge in [0, 0.05) is 18.2 Å². The average molecular weight is 254 g/mol. The van der Waals surface area contributed by atoms with Crippen LogP contribution in [0, 0.1) is 5.92 Å². The Bertz CT molecular complexity index is 243. The molecule has 1 aliphatic carbocycles. The summed E-state index contributed by atoms with van der Waals surface area (Å²) >= 11 is 0. The fourth-order valence-corrected chi connectivity index (χ4v) is 4.17. The predicted octanol–water partition coefficient (Wildman–Crippen LogP) is 2.27. The molecule has 2 fully saturated rings. The van der Waals surface area contributed by atoms with Gasteiger partial charge in [0.1, 0.15) is 0 Å². The van der Waals surface area contributed by atoms with Crippen molar-refractivity contribution in [3.8, 4) is 0 Å². The summed E-state index contributed by atoms with van der Waals surface area (Å²) in [6, 6.07) is 0.577. The molecule has 0 aromatic carbocycles. The van der Waals surface area contributed by atoms with E-state index >= 15 is 0 Å². The van der Waals surface area contributed by atoms with Crippen molar-refractivity contribution < 1.29 is 4.74 Å². The molecule has 2 unspecified atom stereocenters. The molecule has 2 rings (SSSR count). The van der Waals surface area contributed by atoms with Gasteiger partial charge in [0.2, 0.25) is 0 Å². The third-order valence-corrected chi connectivity index (χ3v) is 5.17. The van der Waals surface area contributed by atoms with Gasteiger partial charge in [-0.15, -0.1) is 0 Å². The summed E-state index contributed by atoms with van der Waals surface area (Å²) < 4.78 is 5.72. The van der Waals surface area contributed by atoms with Gasteiger partial charge in [-0.05, 0) is 52.7 Å². The zero-order valence-corrected chi connectivity index (χ0v) is 12.4. The van der Waals surface area contributed by atoms with Crippen LogP contribution in [0.15, 0.2) is 0 Å². The van der Waals surface area contributed by atoms with Gasteiger partial charge in [-0.25, -0.2) is 0 Å². The zero-order chi connectivity index (χ0) is 13.0. The van der Waals surface area contributed by atoms with Gasteiger partial charge in [0.15, 0.2) is 0 Å². The van der Waals surface area contributed by atoms with Crippen molar-refractivity contribution in [2.24, 2.45) is 5.92 Å². The second-order valence-corrected chi connectivity index (χ2v) is 6.30. The molecule has 0 amide bonds. The van der Waals surface area contributed by atoms with Crippen LogP contribution in [0.2, 0.25) is 0 Å². The Morgan fingerprint density at radius 3 is 2.39 bits per heavy atom. The van der Waals surface area contributed by atoms with E-state index in [2.05, 4.69) is 31.4 Å². The molecule has 1 heterocycles. The van der Waals surface area contributed by atoms with Crippen molar-refractivity contribution in [2.75, 3.05) is 34.4 Å². The maximum atomic E-state index is 5.72. The first-order valence-corrected chi connectivity index (χ1v) is 7.63. The SMILES string of the molecule is CNC(C1CCCOC1)C1(N(C)C)CCCCC1. The van der Waals surface area contributed by atoms with E-state index in [-0.39, 0.29) is 0 Å². The summed E-state index contributed by atoms with van der Waals surface area (Å²) in [5.41, 5.74) is 0.346. The van der Waals surface area contributed by atoms with E-state index in [4.69, 9.17) is 4.74 Å². The number of hydrogen-bond donors (Lipinski definition) is 1. The van der Waals surface area contributed by atoms with Gasteiger partial charge in [0.05, 0.1) is 6.61 Å². The molecule has 0 bridgehead atoms. The molecule has 18 heavy (non-hydrogen) atoms. The zero-order valence-electron chi connectivity index (χ0n) is 12.4. The van der Waals surface area contributed by atoms with E-state index in [1.54, 1.807) is 0 Å². The molecule has 0 radical (unpaired) electrons. The molecule has 1 saturated heterocycles. The molecule has 2 aliphatic rings. The molecule has 1 N–H and O–H groups in total. The van der Waals surface area contributed by atoms with Crippen molar-refractivity contribution in [3.63, 3.8) is 0 Å². The van der Waals surface area contributed by atoms with Crippen LogP contribution in [-0.2, 0) is 4.74 Å². The van der Waals surface area contributed by atoms with Crippen LogP contribution in [0.5, 0.6) is 0 Å². The van der Waals surface area contributed by atoms with E-state index in [0.29, 0.717) is 17.5 Å². The molecule has 2 atom stereocenters. The Balaban J connectivity index is 2.15. The van der Waals surface area contributed by atoms with Gasteiger partial charge in [-0.2, -0.15) is 0 Å². The van der Waals surface area contributed by atoms with E-state index in [9.17, 15) is 0 Å². The lowest BCUT2D eigenvalue weighted by atomic mass is 9.70. The third kappa shape index (κ3) is 2.73. The maximum Gasteiger partial charge on any atom is 0.0509 e. The van der Waals surface area contributed by atoms with Crippen LogP contribution in [0.1, 0.15) is 44.9 Å². The molecule has 106 valence electrons. The molecule has 0 aromatic rings. The van der Waals surface area contributed by atoms with Gasteiger partial charge in [-0.1, -0.05) is 19.3 Å². The quantitative estimate of drug-likeness (QED) is 0.833. The lowest BCUT2D eigenvalue weighted by molar-refractivity contribution is -0.0189. The van der Waals surface area contributed by atoms with Crippen molar-refractivity contribution in [1.29, 1.82) is 0 Å². The number of likely N-dealkylation sites (N-methyl/N-ethyl adjacent to an activating group) is 2. The molecule has 3 heteroatoms. The monoisotopic (exact) mass is 254 g/mol. The van der Waals surface area contributed by atoms with E-state index in [1.165, 1.54) is 44.9 Å². The Labute approximate surface area is 112 Å². The van der Waals surface area contributed by atoms with Gasteiger partial charge >= 0.3 is 0 Å². The summed E-state index contributed by atoms with van der Waals surface area (Å²) in [6.45, 7) is 1.91. The van der Waals surface area contributed by atoms with E-state index in [1.807, 2.05) is 0 Å². The highest BCUT2D eigenvalue weighted by atomic mass is 16.5. The second-order valence-electron chi connectivity index (χ2n) is 6.30. The largest absolute Gasteiger partial charge is 0.381 e. The molecule has 1 saturated carbocycles. The van der Waals surface area contributed by atoms with Gasteiger partial charge in [0.25, 0.3) is 0 Å². The average Bonchev–Trinajstić information content (AvgIpc) is 2.41. The second kappa shape index (κ2) is 6.36. The Hall–Kier alpha value is -0.120. The minimum atomic E-state index is 0.346. The number of nitrogens with zero attached hydrogens (tertiary/aromatic N) is 1. The lowest BCUT2D eigenvalue weighted by Crippen LogP contribution is -2.63. The third-order valence-electron chi connectivity index (χ3n) is 5.17. The Kier molecular flexibility index (Phi) is 5.05. The maximum absolute atomic E-state index is 5.72. The summed E-state index contributed by atoms with van der Waals surface area (Å²) in [5, 5.41) is 3.64. The first kappa shape index (κ1) is 14.3. The molecule has 0 aromatic heterocycles. The van der Waals surface area contributed by atoms with Crippen LogP contribution in [0.25, 0.3) is 0 Å². The summed E-state index contributed by atoms with van der Waals surface area (Å²) in [5.74, 6) is 0.684. The normalized spacial score (nSPS) is 30.3. The molecule has 0 spiro atoms.